The summed E-state index contributed by atoms with van der Waals surface area (Å²) in [6.45, 7) is 3.53. The highest BCUT2D eigenvalue weighted by Gasteiger charge is 2.19. The molecule has 0 aromatic heterocycles. The average molecular weight is 386 g/mol. The van der Waals surface area contributed by atoms with Gasteiger partial charge < -0.3 is 19.9 Å². The summed E-state index contributed by atoms with van der Waals surface area (Å²) in [7, 11) is 0. The third kappa shape index (κ3) is 5.36. The fraction of sp³-hybridized carbons (Fsp3) is 0.333. The lowest BCUT2D eigenvalue weighted by atomic mass is 10.2. The molecule has 25 heavy (non-hydrogen) atoms. The fourth-order valence-corrected chi connectivity index (χ4v) is 2.69. The van der Waals surface area contributed by atoms with E-state index >= 15 is 0 Å². The summed E-state index contributed by atoms with van der Waals surface area (Å²) in [6.07, 6.45) is 0.363. The highest BCUT2D eigenvalue weighted by Crippen LogP contribution is 2.37. The summed E-state index contributed by atoms with van der Waals surface area (Å²) in [5.74, 6) is -0.449. The second-order valence-electron chi connectivity index (χ2n) is 4.85. The van der Waals surface area contributed by atoms with Crippen molar-refractivity contribution in [3.05, 3.63) is 22.7 Å². The molecule has 1 unspecified atom stereocenters. The normalized spacial score (nSPS) is 16.9. The van der Waals surface area contributed by atoms with E-state index in [4.69, 9.17) is 26.2 Å². The van der Waals surface area contributed by atoms with E-state index in [2.05, 4.69) is 15.5 Å². The van der Waals surface area contributed by atoms with Crippen LogP contribution in [0.2, 0.25) is 5.02 Å². The van der Waals surface area contributed by atoms with Gasteiger partial charge in [0.05, 0.1) is 23.6 Å². The number of rotatable bonds is 7. The molecule has 0 spiro atoms. The van der Waals surface area contributed by atoms with Crippen LogP contribution in [0.3, 0.4) is 0 Å². The summed E-state index contributed by atoms with van der Waals surface area (Å²) in [5.41, 5.74) is 0.586. The van der Waals surface area contributed by atoms with Gasteiger partial charge in [0, 0.05) is 5.56 Å². The number of amidine groups is 1. The number of thioether (sulfide) groups is 1. The molecule has 2 rings (SSSR count). The van der Waals surface area contributed by atoms with Gasteiger partial charge in [0.2, 0.25) is 5.91 Å². The number of benzene rings is 1. The average Bonchev–Trinajstić information content (AvgIpc) is 2.96. The van der Waals surface area contributed by atoms with Crippen molar-refractivity contribution in [1.82, 2.24) is 5.32 Å². The van der Waals surface area contributed by atoms with Crippen molar-refractivity contribution >= 4 is 46.6 Å². The molecule has 0 saturated carbocycles. The Hall–Kier alpha value is -2.26. The molecule has 2 N–H and O–H groups in total. The molecule has 10 heteroatoms. The van der Waals surface area contributed by atoms with E-state index in [1.54, 1.807) is 19.1 Å². The summed E-state index contributed by atoms with van der Waals surface area (Å²) in [5, 5.41) is 19.9. The number of carbonyl (C=O) groups excluding carboxylic acids is 1. The first kappa shape index (κ1) is 19.1. The van der Waals surface area contributed by atoms with Crippen molar-refractivity contribution in [1.29, 1.82) is 0 Å². The van der Waals surface area contributed by atoms with E-state index in [9.17, 15) is 9.59 Å². The number of nitrogens with one attached hydrogen (secondary N) is 1. The Kier molecular flexibility index (Phi) is 6.65. The number of aliphatic carboxylic acids is 1. The smallest absolute Gasteiger partial charge is 0.344 e. The van der Waals surface area contributed by atoms with Gasteiger partial charge in [0.1, 0.15) is 0 Å². The minimum atomic E-state index is -1.11. The number of ether oxygens (including phenoxy) is 2. The van der Waals surface area contributed by atoms with E-state index in [1.807, 2.05) is 0 Å². The van der Waals surface area contributed by atoms with Gasteiger partial charge >= 0.3 is 5.97 Å². The number of carboxylic acids is 1. The molecule has 0 aliphatic carbocycles. The maximum atomic E-state index is 11.1. The van der Waals surface area contributed by atoms with Crippen LogP contribution in [0.25, 0.3) is 0 Å². The quantitative estimate of drug-likeness (QED) is 0.549. The molecule has 1 amide bonds. The van der Waals surface area contributed by atoms with Crippen LogP contribution >= 0.6 is 23.4 Å². The lowest BCUT2D eigenvalue weighted by Crippen LogP contribution is -2.23. The van der Waals surface area contributed by atoms with Crippen molar-refractivity contribution in [2.24, 2.45) is 10.2 Å². The molecular formula is C15H16ClN3O5S. The molecule has 1 saturated heterocycles. The van der Waals surface area contributed by atoms with Gasteiger partial charge in [-0.05, 0) is 26.0 Å². The van der Waals surface area contributed by atoms with Crippen LogP contribution in [-0.4, -0.2) is 46.8 Å². The molecule has 1 aliphatic rings. The highest BCUT2D eigenvalue weighted by molar-refractivity contribution is 8.15. The Morgan fingerprint density at radius 1 is 1.56 bits per heavy atom. The van der Waals surface area contributed by atoms with Crippen LogP contribution in [0, 0.1) is 0 Å². The van der Waals surface area contributed by atoms with Crippen LogP contribution in [-0.2, 0) is 9.59 Å². The summed E-state index contributed by atoms with van der Waals surface area (Å²) in [4.78, 5) is 22.0. The van der Waals surface area contributed by atoms with Gasteiger partial charge in [-0.2, -0.15) is 5.10 Å². The zero-order valence-corrected chi connectivity index (χ0v) is 15.1. The van der Waals surface area contributed by atoms with Gasteiger partial charge in [-0.25, -0.2) is 4.79 Å². The van der Waals surface area contributed by atoms with E-state index in [-0.39, 0.29) is 16.7 Å². The SMILES string of the molecule is CCOc1cc(C=NN=C2NC(=O)CS2)cc(Cl)c1OC(C)C(=O)O. The minimum Gasteiger partial charge on any atom is -0.490 e. The Morgan fingerprint density at radius 3 is 2.92 bits per heavy atom. The number of nitrogens with zero attached hydrogens (tertiary/aromatic N) is 2. The predicted octanol–water partition coefficient (Wildman–Crippen LogP) is 2.14. The molecule has 1 heterocycles. The third-order valence-electron chi connectivity index (χ3n) is 2.92. The minimum absolute atomic E-state index is 0.116. The topological polar surface area (TPSA) is 110 Å². The highest BCUT2D eigenvalue weighted by atomic mass is 35.5. The van der Waals surface area contributed by atoms with E-state index in [0.717, 1.165) is 0 Å². The number of carbonyl (C=O) groups is 2. The summed E-state index contributed by atoms with van der Waals surface area (Å²) >= 11 is 7.45. The van der Waals surface area contributed by atoms with Crippen LogP contribution in [0.1, 0.15) is 19.4 Å². The molecule has 134 valence electrons. The molecule has 1 aromatic carbocycles. The third-order valence-corrected chi connectivity index (χ3v) is 4.06. The van der Waals surface area contributed by atoms with E-state index in [1.165, 1.54) is 24.9 Å². The molecule has 1 aromatic rings. The lowest BCUT2D eigenvalue weighted by molar-refractivity contribution is -0.144. The van der Waals surface area contributed by atoms with Crippen molar-refractivity contribution in [3.8, 4) is 11.5 Å². The Labute approximate surface area is 153 Å². The van der Waals surface area contributed by atoms with E-state index < -0.39 is 12.1 Å². The number of hydrogen-bond donors (Lipinski definition) is 2. The van der Waals surface area contributed by atoms with E-state index in [0.29, 0.717) is 28.8 Å². The molecular weight excluding hydrogens is 370 g/mol. The van der Waals surface area contributed by atoms with Gasteiger partial charge in [-0.1, -0.05) is 23.4 Å². The van der Waals surface area contributed by atoms with Crippen LogP contribution in [0.15, 0.2) is 22.3 Å². The van der Waals surface area contributed by atoms with Gasteiger partial charge in [0.25, 0.3) is 0 Å². The van der Waals surface area contributed by atoms with Gasteiger partial charge in [0.15, 0.2) is 22.8 Å². The first-order valence-corrected chi connectivity index (χ1v) is 8.66. The van der Waals surface area contributed by atoms with Crippen molar-refractivity contribution in [3.63, 3.8) is 0 Å². The van der Waals surface area contributed by atoms with Crippen molar-refractivity contribution in [2.75, 3.05) is 12.4 Å². The first-order chi connectivity index (χ1) is 11.9. The number of hydrogen-bond acceptors (Lipinski definition) is 7. The van der Waals surface area contributed by atoms with Crippen LogP contribution in [0.5, 0.6) is 11.5 Å². The number of amides is 1. The van der Waals surface area contributed by atoms with Crippen molar-refractivity contribution < 1.29 is 24.2 Å². The molecule has 8 nitrogen and oxygen atoms in total. The molecule has 1 fully saturated rings. The zero-order chi connectivity index (χ0) is 18.4. The first-order valence-electron chi connectivity index (χ1n) is 7.30. The molecule has 1 atom stereocenters. The van der Waals surface area contributed by atoms with Crippen LogP contribution in [0.4, 0.5) is 0 Å². The lowest BCUT2D eigenvalue weighted by Gasteiger charge is -2.16. The second-order valence-corrected chi connectivity index (χ2v) is 6.22. The maximum absolute atomic E-state index is 11.1. The number of halogens is 1. The zero-order valence-electron chi connectivity index (χ0n) is 13.5. The number of carboxylic acid groups (broad SMARTS) is 1. The summed E-state index contributed by atoms with van der Waals surface area (Å²) < 4.78 is 10.8. The van der Waals surface area contributed by atoms with Gasteiger partial charge in [-0.15, -0.1) is 5.10 Å². The second kappa shape index (κ2) is 8.72. The maximum Gasteiger partial charge on any atom is 0.344 e. The predicted molar refractivity (Wildman–Crippen MR) is 96.0 cm³/mol. The van der Waals surface area contributed by atoms with Crippen molar-refractivity contribution in [2.45, 2.75) is 20.0 Å². The Bertz CT molecular complexity index is 738. The Balaban J connectivity index is 2.22. The summed E-state index contributed by atoms with van der Waals surface area (Å²) in [6, 6.07) is 3.17. The molecule has 0 bridgehead atoms. The van der Waals surface area contributed by atoms with Crippen LogP contribution < -0.4 is 14.8 Å². The fourth-order valence-electron chi connectivity index (χ4n) is 1.79. The Morgan fingerprint density at radius 2 is 2.32 bits per heavy atom. The van der Waals surface area contributed by atoms with Gasteiger partial charge in [-0.3, -0.25) is 4.79 Å². The monoisotopic (exact) mass is 385 g/mol. The molecule has 0 radical (unpaired) electrons. The molecule has 1 aliphatic heterocycles. The largest absolute Gasteiger partial charge is 0.490 e. The standard InChI is InChI=1S/C15H16ClN3O5S/c1-3-23-11-5-9(6-17-19-15-18-12(20)7-25-15)4-10(16)13(11)24-8(2)14(21)22/h4-6,8H,3,7H2,1-2H3,(H,21,22)(H,18,19,20).